The second-order valence-corrected chi connectivity index (χ2v) is 8.97. The first-order valence-corrected chi connectivity index (χ1v) is 11.0. The van der Waals surface area contributed by atoms with Gasteiger partial charge in [-0.05, 0) is 37.5 Å². The van der Waals surface area contributed by atoms with E-state index in [9.17, 15) is 31.9 Å². The van der Waals surface area contributed by atoms with Crippen LogP contribution in [-0.2, 0) is 17.8 Å². The molecule has 2 amide bonds. The summed E-state index contributed by atoms with van der Waals surface area (Å²) in [6.45, 7) is 1.87. The number of aromatic nitrogens is 1. The van der Waals surface area contributed by atoms with Crippen molar-refractivity contribution in [2.45, 2.75) is 50.6 Å². The summed E-state index contributed by atoms with van der Waals surface area (Å²) in [6, 6.07) is 2.86. The van der Waals surface area contributed by atoms with Gasteiger partial charge >= 0.3 is 0 Å². The average molecular weight is 508 g/mol. The maximum Gasteiger partial charge on any atom is 0.293 e. The van der Waals surface area contributed by atoms with Gasteiger partial charge in [0.1, 0.15) is 5.69 Å². The van der Waals surface area contributed by atoms with Crippen molar-refractivity contribution in [2.75, 3.05) is 5.32 Å². The molecular weight excluding hydrogens is 484 g/mol. The van der Waals surface area contributed by atoms with Crippen LogP contribution in [0.2, 0.25) is 0 Å². The summed E-state index contributed by atoms with van der Waals surface area (Å²) in [6.07, 6.45) is 0.435. The molecule has 0 bridgehead atoms. The molecule has 4 rings (SSSR count). The van der Waals surface area contributed by atoms with Gasteiger partial charge in [-0.1, -0.05) is 0 Å². The Morgan fingerprint density at radius 1 is 1.14 bits per heavy atom. The van der Waals surface area contributed by atoms with E-state index in [1.807, 2.05) is 0 Å². The summed E-state index contributed by atoms with van der Waals surface area (Å²) < 4.78 is 55.8. The zero-order valence-corrected chi connectivity index (χ0v) is 19.2. The van der Waals surface area contributed by atoms with Gasteiger partial charge in [0, 0.05) is 43.0 Å². The van der Waals surface area contributed by atoms with E-state index in [4.69, 9.17) is 11.6 Å². The van der Waals surface area contributed by atoms with Gasteiger partial charge in [0.2, 0.25) is 0 Å². The number of nitrogens with two attached hydrogens (primary N) is 2. The first-order valence-electron chi connectivity index (χ1n) is 11.0. The van der Waals surface area contributed by atoms with Crippen molar-refractivity contribution < 1.29 is 31.9 Å². The Balaban J connectivity index is 1.62. The predicted octanol–water partition coefficient (Wildman–Crippen LogP) is 2.00. The minimum Gasteiger partial charge on any atom is -0.399 e. The number of halogens is 4. The third kappa shape index (κ3) is 4.30. The number of anilines is 1. The highest BCUT2D eigenvalue weighted by Gasteiger charge is 2.59. The number of hydrazine groups is 1. The standard InChI is InChI=1S/C23H24F4N6O3/c1-11-17(19(34)21(36)32-22(16(28)8-30-29)9-23(26,27)10-22)15-3-2-6-33(15)18(11)20(35)31-12-4-5-13(24)14(25)7-12/h4-5,7-8,30H,2-3,6,9-10,28-29H2,1H3,(H,31,35)(H,32,36)/b16-8-. The topological polar surface area (TPSA) is 144 Å². The maximum atomic E-state index is 13.7. The molecule has 1 aliphatic heterocycles. The molecule has 1 aliphatic carbocycles. The number of hydrogen-bond acceptors (Lipinski definition) is 6. The maximum absolute atomic E-state index is 13.7. The third-order valence-electron chi connectivity index (χ3n) is 6.50. The van der Waals surface area contributed by atoms with Crippen molar-refractivity contribution in [3.8, 4) is 0 Å². The number of hydrogen-bond donors (Lipinski definition) is 5. The molecule has 192 valence electrons. The van der Waals surface area contributed by atoms with Crippen LogP contribution in [-0.4, -0.2) is 33.6 Å². The first-order chi connectivity index (χ1) is 16.9. The summed E-state index contributed by atoms with van der Waals surface area (Å²) in [5.41, 5.74) is 6.86. The van der Waals surface area contributed by atoms with Crippen molar-refractivity contribution in [3.63, 3.8) is 0 Å². The molecule has 0 saturated heterocycles. The van der Waals surface area contributed by atoms with E-state index in [-0.39, 0.29) is 28.2 Å². The molecule has 0 radical (unpaired) electrons. The van der Waals surface area contributed by atoms with Crippen LogP contribution in [0, 0.1) is 18.6 Å². The molecule has 2 heterocycles. The summed E-state index contributed by atoms with van der Waals surface area (Å²) in [7, 11) is 0. The lowest BCUT2D eigenvalue weighted by atomic mass is 9.71. The van der Waals surface area contributed by atoms with Crippen LogP contribution in [0.4, 0.5) is 23.2 Å². The molecule has 2 aliphatic rings. The quantitative estimate of drug-likeness (QED) is 0.127. The fourth-order valence-electron chi connectivity index (χ4n) is 4.89. The van der Waals surface area contributed by atoms with Crippen molar-refractivity contribution in [1.29, 1.82) is 0 Å². The Hall–Kier alpha value is -3.87. The normalized spacial score (nSPS) is 17.7. The smallest absolute Gasteiger partial charge is 0.293 e. The fourth-order valence-corrected chi connectivity index (χ4v) is 4.89. The highest BCUT2D eigenvalue weighted by molar-refractivity contribution is 6.44. The monoisotopic (exact) mass is 508 g/mol. The Labute approximate surface area is 202 Å². The molecule has 1 aromatic heterocycles. The molecule has 13 heteroatoms. The Morgan fingerprint density at radius 2 is 1.83 bits per heavy atom. The van der Waals surface area contributed by atoms with Crippen molar-refractivity contribution >= 4 is 23.3 Å². The van der Waals surface area contributed by atoms with Crippen LogP contribution < -0.4 is 27.6 Å². The Morgan fingerprint density at radius 3 is 2.44 bits per heavy atom. The summed E-state index contributed by atoms with van der Waals surface area (Å²) in [5.74, 6) is -2.97. The number of Topliss-reactive ketones (excluding diaryl/α,β-unsaturated/α-hetero) is 1. The van der Waals surface area contributed by atoms with E-state index in [1.54, 1.807) is 4.57 Å². The second kappa shape index (κ2) is 8.97. The number of carbonyl (C=O) groups excluding carboxylic acids is 3. The first kappa shape index (κ1) is 25.2. The van der Waals surface area contributed by atoms with Gasteiger partial charge in [0.05, 0.1) is 16.8 Å². The lowest BCUT2D eigenvalue weighted by molar-refractivity contribution is -0.137. The number of nitrogens with zero attached hydrogens (tertiary/aromatic N) is 1. The minimum atomic E-state index is -3.08. The molecule has 36 heavy (non-hydrogen) atoms. The van der Waals surface area contributed by atoms with Crippen LogP contribution in [0.15, 0.2) is 30.1 Å². The molecule has 9 nitrogen and oxygen atoms in total. The zero-order valence-electron chi connectivity index (χ0n) is 19.2. The molecule has 0 atom stereocenters. The Bertz CT molecular complexity index is 1300. The van der Waals surface area contributed by atoms with E-state index >= 15 is 0 Å². The van der Waals surface area contributed by atoms with Crippen LogP contribution in [0.25, 0.3) is 0 Å². The number of alkyl halides is 2. The SMILES string of the molecule is Cc1c(C(=O)C(=O)NC2(/C(N)=C/NN)CC(F)(F)C2)c2n(c1C(=O)Nc1ccc(F)c(F)c1)CCC2. The zero-order chi connectivity index (χ0) is 26.4. The summed E-state index contributed by atoms with van der Waals surface area (Å²) in [4.78, 5) is 39.2. The lowest BCUT2D eigenvalue weighted by Gasteiger charge is -2.47. The minimum absolute atomic E-state index is 0.00101. The number of benzene rings is 1. The van der Waals surface area contributed by atoms with Gasteiger partial charge in [0.15, 0.2) is 11.6 Å². The van der Waals surface area contributed by atoms with E-state index < -0.39 is 53.5 Å². The average Bonchev–Trinajstić information content (AvgIpc) is 3.33. The summed E-state index contributed by atoms with van der Waals surface area (Å²) >= 11 is 0. The van der Waals surface area contributed by atoms with E-state index in [2.05, 4.69) is 16.1 Å². The third-order valence-corrected chi connectivity index (χ3v) is 6.50. The van der Waals surface area contributed by atoms with E-state index in [0.717, 1.165) is 18.3 Å². The lowest BCUT2D eigenvalue weighted by Crippen LogP contribution is -2.65. The van der Waals surface area contributed by atoms with Crippen molar-refractivity contribution in [3.05, 3.63) is 64.2 Å². The predicted molar refractivity (Wildman–Crippen MR) is 121 cm³/mol. The Kier molecular flexibility index (Phi) is 6.29. The molecule has 1 fully saturated rings. The molecule has 7 N–H and O–H groups in total. The number of fused-ring (bicyclic) bond motifs is 1. The number of amides is 2. The van der Waals surface area contributed by atoms with Crippen molar-refractivity contribution in [1.82, 2.24) is 15.3 Å². The summed E-state index contributed by atoms with van der Waals surface area (Å²) in [5, 5.41) is 4.80. The molecule has 1 saturated carbocycles. The molecule has 2 aromatic rings. The van der Waals surface area contributed by atoms with Crippen molar-refractivity contribution in [2.24, 2.45) is 11.6 Å². The van der Waals surface area contributed by atoms with Gasteiger partial charge in [0.25, 0.3) is 23.5 Å². The van der Waals surface area contributed by atoms with Gasteiger partial charge in [-0.15, -0.1) is 0 Å². The van der Waals surface area contributed by atoms with E-state index in [1.165, 1.54) is 13.0 Å². The molecule has 1 aromatic carbocycles. The van der Waals surface area contributed by atoms with Gasteiger partial charge in [-0.25, -0.2) is 17.6 Å². The van der Waals surface area contributed by atoms with Gasteiger partial charge < -0.3 is 26.4 Å². The van der Waals surface area contributed by atoms with Gasteiger partial charge in [-0.2, -0.15) is 0 Å². The number of ketones is 1. The van der Waals surface area contributed by atoms with E-state index in [0.29, 0.717) is 25.1 Å². The van der Waals surface area contributed by atoms with Crippen LogP contribution in [0.1, 0.15) is 51.4 Å². The van der Waals surface area contributed by atoms with Crippen LogP contribution >= 0.6 is 0 Å². The molecule has 0 unspecified atom stereocenters. The highest BCUT2D eigenvalue weighted by atomic mass is 19.3. The largest absolute Gasteiger partial charge is 0.399 e. The number of rotatable bonds is 7. The van der Waals surface area contributed by atoms with Gasteiger partial charge in [-0.3, -0.25) is 20.2 Å². The molecular formula is C23H24F4N6O3. The second-order valence-electron chi connectivity index (χ2n) is 8.97. The number of nitrogens with one attached hydrogen (secondary N) is 3. The highest BCUT2D eigenvalue weighted by Crippen LogP contribution is 2.48. The van der Waals surface area contributed by atoms with Crippen LogP contribution in [0.5, 0.6) is 0 Å². The van der Waals surface area contributed by atoms with Crippen LogP contribution in [0.3, 0.4) is 0 Å². The number of carbonyl (C=O) groups is 3. The molecule has 0 spiro atoms. The fraction of sp³-hybridized carbons (Fsp3) is 0.348.